The van der Waals surface area contributed by atoms with Crippen LogP contribution in [0.25, 0.3) is 0 Å². The maximum Gasteiger partial charge on any atom is 0.345 e. The molecule has 0 atom stereocenters. The second-order valence-electron chi connectivity index (χ2n) is 4.30. The lowest BCUT2D eigenvalue weighted by molar-refractivity contribution is 0.0597. The Morgan fingerprint density at radius 2 is 2.00 bits per heavy atom. The largest absolute Gasteiger partial charge is 0.465 e. The summed E-state index contributed by atoms with van der Waals surface area (Å²) in [6.07, 6.45) is 0. The van der Waals surface area contributed by atoms with Gasteiger partial charge in [0.2, 0.25) is 5.88 Å². The normalized spacial score (nSPS) is 10.3. The van der Waals surface area contributed by atoms with Crippen molar-refractivity contribution < 1.29 is 14.3 Å². The zero-order valence-electron chi connectivity index (χ0n) is 11.4. The number of carbonyl (C=O) groups is 1. The Balaban J connectivity index is 2.39. The van der Waals surface area contributed by atoms with Gasteiger partial charge in [-0.15, -0.1) is 0 Å². The summed E-state index contributed by atoms with van der Waals surface area (Å²) < 4.78 is 10.5. The number of esters is 1. The zero-order valence-corrected chi connectivity index (χ0v) is 11.4. The van der Waals surface area contributed by atoms with Gasteiger partial charge in [0.15, 0.2) is 0 Å². The number of rotatable bonds is 3. The molecule has 2 aromatic rings. The van der Waals surface area contributed by atoms with Crippen LogP contribution >= 0.6 is 0 Å². The zero-order chi connectivity index (χ0) is 14.0. The molecular formula is C14H16N2O3. The predicted molar refractivity (Wildman–Crippen MR) is 70.7 cm³/mol. The lowest BCUT2D eigenvalue weighted by Gasteiger charge is -2.09. The molecule has 1 N–H and O–H groups in total. The van der Waals surface area contributed by atoms with Crippen LogP contribution < -0.4 is 4.74 Å². The van der Waals surface area contributed by atoms with E-state index in [9.17, 15) is 4.79 Å². The van der Waals surface area contributed by atoms with E-state index >= 15 is 0 Å². The monoisotopic (exact) mass is 260 g/mol. The molecule has 0 saturated carbocycles. The van der Waals surface area contributed by atoms with Gasteiger partial charge in [0.1, 0.15) is 11.3 Å². The summed E-state index contributed by atoms with van der Waals surface area (Å²) in [5.41, 5.74) is 3.01. The molecule has 0 bridgehead atoms. The number of H-pyrrole nitrogens is 1. The third kappa shape index (κ3) is 2.45. The number of hydrogen-bond donors (Lipinski definition) is 1. The van der Waals surface area contributed by atoms with E-state index in [4.69, 9.17) is 9.47 Å². The molecule has 0 unspecified atom stereocenters. The van der Waals surface area contributed by atoms with Gasteiger partial charge in [-0.1, -0.05) is 12.1 Å². The Labute approximate surface area is 111 Å². The van der Waals surface area contributed by atoms with Gasteiger partial charge in [-0.25, -0.2) is 9.89 Å². The van der Waals surface area contributed by atoms with E-state index in [1.807, 2.05) is 32.0 Å². The third-order valence-electron chi connectivity index (χ3n) is 3.07. The van der Waals surface area contributed by atoms with Gasteiger partial charge in [0.05, 0.1) is 12.8 Å². The van der Waals surface area contributed by atoms with Crippen LogP contribution in [0.2, 0.25) is 0 Å². The Morgan fingerprint density at radius 1 is 1.26 bits per heavy atom. The first-order valence-electron chi connectivity index (χ1n) is 5.92. The molecule has 1 aromatic heterocycles. The van der Waals surface area contributed by atoms with Crippen LogP contribution in [0.4, 0.5) is 0 Å². The van der Waals surface area contributed by atoms with Crippen molar-refractivity contribution in [2.45, 2.75) is 20.8 Å². The summed E-state index contributed by atoms with van der Waals surface area (Å²) in [5.74, 6) is 0.526. The first kappa shape index (κ1) is 13.1. The SMILES string of the molecule is COC(=O)c1c(C)n[nH]c1Oc1cccc(C)c1C. The fourth-order valence-corrected chi connectivity index (χ4v) is 1.77. The molecule has 0 spiro atoms. The van der Waals surface area contributed by atoms with E-state index in [1.165, 1.54) is 7.11 Å². The Bertz CT molecular complexity index is 617. The second-order valence-corrected chi connectivity index (χ2v) is 4.30. The van der Waals surface area contributed by atoms with Crippen molar-refractivity contribution in [3.63, 3.8) is 0 Å². The molecular weight excluding hydrogens is 244 g/mol. The van der Waals surface area contributed by atoms with Crippen LogP contribution in [0, 0.1) is 20.8 Å². The number of carbonyl (C=O) groups excluding carboxylic acids is 1. The van der Waals surface area contributed by atoms with Gasteiger partial charge in [0, 0.05) is 0 Å². The van der Waals surface area contributed by atoms with Gasteiger partial charge in [-0.05, 0) is 38.0 Å². The minimum Gasteiger partial charge on any atom is -0.465 e. The molecule has 1 aromatic carbocycles. The van der Waals surface area contributed by atoms with Crippen LogP contribution in [0.5, 0.6) is 11.6 Å². The summed E-state index contributed by atoms with van der Waals surface area (Å²) in [7, 11) is 1.33. The van der Waals surface area contributed by atoms with Gasteiger partial charge in [0.25, 0.3) is 0 Å². The average Bonchev–Trinajstić information content (AvgIpc) is 2.75. The lowest BCUT2D eigenvalue weighted by atomic mass is 10.1. The van der Waals surface area contributed by atoms with Crippen molar-refractivity contribution >= 4 is 5.97 Å². The van der Waals surface area contributed by atoms with E-state index in [2.05, 4.69) is 10.2 Å². The maximum absolute atomic E-state index is 11.7. The van der Waals surface area contributed by atoms with Crippen LogP contribution in [0.1, 0.15) is 27.2 Å². The third-order valence-corrected chi connectivity index (χ3v) is 3.07. The standard InChI is InChI=1S/C14H16N2O3/c1-8-6-5-7-11(9(8)2)19-13-12(14(17)18-4)10(3)15-16-13/h5-7H,1-4H3,(H,15,16). The topological polar surface area (TPSA) is 64.2 Å². The summed E-state index contributed by atoms with van der Waals surface area (Å²) in [5, 5.41) is 6.69. The van der Waals surface area contributed by atoms with E-state index in [1.54, 1.807) is 6.92 Å². The van der Waals surface area contributed by atoms with Crippen LogP contribution in [0.3, 0.4) is 0 Å². The number of nitrogens with zero attached hydrogens (tertiary/aromatic N) is 1. The fourth-order valence-electron chi connectivity index (χ4n) is 1.77. The molecule has 0 aliphatic carbocycles. The maximum atomic E-state index is 11.7. The molecule has 0 aliphatic rings. The minimum absolute atomic E-state index is 0.304. The molecule has 5 nitrogen and oxygen atoms in total. The highest BCUT2D eigenvalue weighted by Crippen LogP contribution is 2.29. The number of aryl methyl sites for hydroxylation is 2. The van der Waals surface area contributed by atoms with Crippen molar-refractivity contribution in [2.24, 2.45) is 0 Å². The van der Waals surface area contributed by atoms with Gasteiger partial charge < -0.3 is 9.47 Å². The molecule has 0 radical (unpaired) electrons. The number of nitrogens with one attached hydrogen (secondary N) is 1. The molecule has 100 valence electrons. The smallest absolute Gasteiger partial charge is 0.345 e. The Kier molecular flexibility index (Phi) is 3.55. The molecule has 0 saturated heterocycles. The quantitative estimate of drug-likeness (QED) is 0.862. The molecule has 0 aliphatic heterocycles. The predicted octanol–water partition coefficient (Wildman–Crippen LogP) is 2.91. The van der Waals surface area contributed by atoms with Crippen LogP contribution in [-0.2, 0) is 4.74 Å². The van der Waals surface area contributed by atoms with Gasteiger partial charge in [-0.2, -0.15) is 5.10 Å². The van der Waals surface area contributed by atoms with Gasteiger partial charge >= 0.3 is 5.97 Å². The van der Waals surface area contributed by atoms with Crippen LogP contribution in [-0.4, -0.2) is 23.3 Å². The van der Waals surface area contributed by atoms with Crippen molar-refractivity contribution in [3.8, 4) is 11.6 Å². The number of benzene rings is 1. The lowest BCUT2D eigenvalue weighted by Crippen LogP contribution is -2.04. The highest BCUT2D eigenvalue weighted by Gasteiger charge is 2.21. The first-order chi connectivity index (χ1) is 9.04. The van der Waals surface area contributed by atoms with Crippen molar-refractivity contribution in [3.05, 3.63) is 40.6 Å². The van der Waals surface area contributed by atoms with Crippen LogP contribution in [0.15, 0.2) is 18.2 Å². The molecule has 19 heavy (non-hydrogen) atoms. The minimum atomic E-state index is -0.466. The summed E-state index contributed by atoms with van der Waals surface area (Å²) in [6.45, 7) is 5.69. The molecule has 5 heteroatoms. The number of hydrogen-bond acceptors (Lipinski definition) is 4. The average molecular weight is 260 g/mol. The molecule has 0 amide bonds. The summed E-state index contributed by atoms with van der Waals surface area (Å²) >= 11 is 0. The molecule has 0 fully saturated rings. The van der Waals surface area contributed by atoms with E-state index < -0.39 is 5.97 Å². The Hall–Kier alpha value is -2.30. The molecule has 2 rings (SSSR count). The van der Waals surface area contributed by atoms with Gasteiger partial charge in [-0.3, -0.25) is 0 Å². The van der Waals surface area contributed by atoms with Crippen molar-refractivity contribution in [1.82, 2.24) is 10.2 Å². The first-order valence-corrected chi connectivity index (χ1v) is 5.92. The Morgan fingerprint density at radius 3 is 2.68 bits per heavy atom. The number of ether oxygens (including phenoxy) is 2. The summed E-state index contributed by atoms with van der Waals surface area (Å²) in [4.78, 5) is 11.7. The summed E-state index contributed by atoms with van der Waals surface area (Å²) in [6, 6.07) is 5.75. The van der Waals surface area contributed by atoms with E-state index in [-0.39, 0.29) is 0 Å². The number of methoxy groups -OCH3 is 1. The van der Waals surface area contributed by atoms with Crippen molar-refractivity contribution in [2.75, 3.05) is 7.11 Å². The number of aromatic amines is 1. The number of aromatic nitrogens is 2. The highest BCUT2D eigenvalue weighted by atomic mass is 16.5. The molecule has 1 heterocycles. The highest BCUT2D eigenvalue weighted by molar-refractivity contribution is 5.93. The van der Waals surface area contributed by atoms with E-state index in [0.29, 0.717) is 22.9 Å². The second kappa shape index (κ2) is 5.14. The van der Waals surface area contributed by atoms with E-state index in [0.717, 1.165) is 11.1 Å². The fraction of sp³-hybridized carbons (Fsp3) is 0.286. The van der Waals surface area contributed by atoms with Crippen molar-refractivity contribution in [1.29, 1.82) is 0 Å².